The number of nitrogens with zero attached hydrogens (tertiary/aromatic N) is 7. The first-order valence-corrected chi connectivity index (χ1v) is 17.1. The molecule has 0 aliphatic carbocycles. The molecule has 3 aromatic carbocycles. The second-order valence-electron chi connectivity index (χ2n) is 12.2. The minimum atomic E-state index is -0.290. The molecule has 3 N–H and O–H groups in total. The van der Waals surface area contributed by atoms with E-state index >= 15 is 0 Å². The summed E-state index contributed by atoms with van der Waals surface area (Å²) in [6, 6.07) is 17.6. The van der Waals surface area contributed by atoms with Gasteiger partial charge in [-0.2, -0.15) is 5.10 Å². The number of benzene rings is 3. The maximum Gasteiger partial charge on any atom is 0.263 e. The summed E-state index contributed by atoms with van der Waals surface area (Å²) in [6.07, 6.45) is 2.86. The number of amides is 1. The quantitative estimate of drug-likeness (QED) is 0.159. The highest BCUT2D eigenvalue weighted by Crippen LogP contribution is 2.35. The van der Waals surface area contributed by atoms with Crippen molar-refractivity contribution in [1.29, 1.82) is 0 Å². The molecule has 4 heterocycles. The monoisotopic (exact) mass is 718 g/mol. The topological polar surface area (TPSA) is 164 Å². The van der Waals surface area contributed by atoms with Gasteiger partial charge in [-0.3, -0.25) is 14.2 Å². The van der Waals surface area contributed by atoms with E-state index in [0.717, 1.165) is 5.56 Å². The van der Waals surface area contributed by atoms with Crippen LogP contribution in [0.2, 0.25) is 5.02 Å². The van der Waals surface area contributed by atoms with Gasteiger partial charge in [-0.25, -0.2) is 19.6 Å². The van der Waals surface area contributed by atoms with Crippen molar-refractivity contribution in [3.05, 3.63) is 99.3 Å². The summed E-state index contributed by atoms with van der Waals surface area (Å²) < 4.78 is 13.9. The zero-order valence-corrected chi connectivity index (χ0v) is 29.1. The van der Waals surface area contributed by atoms with Gasteiger partial charge in [0.2, 0.25) is 5.91 Å². The number of aromatic nitrogens is 6. The number of methoxy groups -OCH3 is 1. The highest BCUT2D eigenvalue weighted by atomic mass is 35.5. The zero-order valence-electron chi connectivity index (χ0n) is 28.4. The van der Waals surface area contributed by atoms with Gasteiger partial charge in [-0.1, -0.05) is 47.7 Å². The van der Waals surface area contributed by atoms with Crippen LogP contribution in [0, 0.1) is 11.8 Å². The number of ether oxygens (including phenoxy) is 2. The minimum Gasteiger partial charge on any atom is -0.504 e. The molecule has 1 aliphatic rings. The van der Waals surface area contributed by atoms with Crippen molar-refractivity contribution in [2.45, 2.75) is 32.4 Å². The standard InChI is InChI=1S/C38H35ClN8O5/c1-51-30-20-25(14-15-29(30)48)35-34-36(40)41-23-42-37(34)47(44-35)22-31-43-28-12-7-10-24(8-3-2-4-13-32(49)45-16-18-52-19-17-45)33(28)38(50)46(31)21-26-9-5-6-11-27(26)39/h5-7,9-12,14-15,20,23,48H,2,4,13,16-19,21-22H2,1H3,(H2,40,41,42). The Morgan fingerprint density at radius 1 is 1.06 bits per heavy atom. The number of morpholine rings is 1. The Labute approximate surface area is 303 Å². The SMILES string of the molecule is COc1cc(-c2nn(Cc3nc4cccc(C#CCCCC(=O)N5CCOCC5)c4c(=O)n3Cc3ccccc3Cl)c3ncnc(N)c23)ccc1O. The summed E-state index contributed by atoms with van der Waals surface area (Å²) in [7, 11) is 1.46. The minimum absolute atomic E-state index is 0.0221. The lowest BCUT2D eigenvalue weighted by Gasteiger charge is -2.26. The Morgan fingerprint density at radius 2 is 1.88 bits per heavy atom. The summed E-state index contributed by atoms with van der Waals surface area (Å²) in [5.74, 6) is 7.29. The van der Waals surface area contributed by atoms with Gasteiger partial charge in [0.15, 0.2) is 17.1 Å². The lowest BCUT2D eigenvalue weighted by atomic mass is 10.1. The lowest BCUT2D eigenvalue weighted by molar-refractivity contribution is -0.135. The first kappa shape index (κ1) is 34.5. The van der Waals surface area contributed by atoms with E-state index in [1.54, 1.807) is 39.6 Å². The molecule has 3 aromatic heterocycles. The van der Waals surface area contributed by atoms with E-state index in [9.17, 15) is 14.7 Å². The number of hydrogen-bond donors (Lipinski definition) is 2. The maximum absolute atomic E-state index is 14.5. The molecular formula is C38H35ClN8O5. The second-order valence-corrected chi connectivity index (χ2v) is 12.6. The molecule has 1 fully saturated rings. The van der Waals surface area contributed by atoms with E-state index in [1.807, 2.05) is 29.2 Å². The molecule has 1 aliphatic heterocycles. The van der Waals surface area contributed by atoms with E-state index in [2.05, 4.69) is 21.8 Å². The summed E-state index contributed by atoms with van der Waals surface area (Å²) in [5.41, 5.74) is 9.34. The van der Waals surface area contributed by atoms with Crippen LogP contribution in [0.15, 0.2) is 71.8 Å². The number of nitrogen functional groups attached to an aromatic ring is 1. The van der Waals surface area contributed by atoms with Crippen molar-refractivity contribution >= 4 is 45.3 Å². The molecule has 0 atom stereocenters. The van der Waals surface area contributed by atoms with Crippen LogP contribution in [-0.4, -0.2) is 78.6 Å². The molecule has 0 spiro atoms. The lowest BCUT2D eigenvalue weighted by Crippen LogP contribution is -2.40. The van der Waals surface area contributed by atoms with Crippen molar-refractivity contribution < 1.29 is 19.4 Å². The predicted molar refractivity (Wildman–Crippen MR) is 197 cm³/mol. The van der Waals surface area contributed by atoms with Crippen LogP contribution >= 0.6 is 11.6 Å². The smallest absolute Gasteiger partial charge is 0.263 e. The highest BCUT2D eigenvalue weighted by molar-refractivity contribution is 6.31. The number of carbonyl (C=O) groups excluding carboxylic acids is 1. The summed E-state index contributed by atoms with van der Waals surface area (Å²) in [6.45, 7) is 2.54. The molecule has 52 heavy (non-hydrogen) atoms. The molecular weight excluding hydrogens is 684 g/mol. The number of halogens is 1. The maximum atomic E-state index is 14.5. The first-order chi connectivity index (χ1) is 25.3. The molecule has 0 saturated carbocycles. The first-order valence-electron chi connectivity index (χ1n) is 16.8. The Kier molecular flexibility index (Phi) is 10.0. The van der Waals surface area contributed by atoms with E-state index in [1.165, 1.54) is 19.5 Å². The van der Waals surface area contributed by atoms with Gasteiger partial charge in [0.25, 0.3) is 5.56 Å². The number of anilines is 1. The summed E-state index contributed by atoms with van der Waals surface area (Å²) in [5, 5.41) is 16.5. The predicted octanol–water partition coefficient (Wildman–Crippen LogP) is 4.63. The van der Waals surface area contributed by atoms with Gasteiger partial charge in [-0.15, -0.1) is 0 Å². The third-order valence-electron chi connectivity index (χ3n) is 8.93. The number of rotatable bonds is 9. The van der Waals surface area contributed by atoms with Crippen LogP contribution < -0.4 is 16.0 Å². The average molecular weight is 719 g/mol. The molecule has 1 saturated heterocycles. The van der Waals surface area contributed by atoms with Crippen molar-refractivity contribution in [3.8, 4) is 34.6 Å². The fraction of sp³-hybridized carbons (Fsp3) is 0.263. The van der Waals surface area contributed by atoms with Crippen LogP contribution in [0.4, 0.5) is 5.82 Å². The summed E-state index contributed by atoms with van der Waals surface area (Å²) >= 11 is 6.59. The van der Waals surface area contributed by atoms with E-state index in [4.69, 9.17) is 36.9 Å². The van der Waals surface area contributed by atoms with Crippen LogP contribution in [0.1, 0.15) is 36.2 Å². The van der Waals surface area contributed by atoms with Crippen molar-refractivity contribution in [1.82, 2.24) is 34.2 Å². The normalized spacial score (nSPS) is 12.9. The number of phenols is 1. The Morgan fingerprint density at radius 3 is 2.69 bits per heavy atom. The van der Waals surface area contributed by atoms with E-state index in [0.29, 0.717) is 95.2 Å². The van der Waals surface area contributed by atoms with Gasteiger partial charge in [0.05, 0.1) is 43.2 Å². The van der Waals surface area contributed by atoms with Crippen LogP contribution in [0.3, 0.4) is 0 Å². The van der Waals surface area contributed by atoms with Crippen molar-refractivity contribution in [3.63, 3.8) is 0 Å². The fourth-order valence-corrected chi connectivity index (χ4v) is 6.45. The Balaban J connectivity index is 1.27. The molecule has 1 amide bonds. The molecule has 0 radical (unpaired) electrons. The molecule has 7 rings (SSSR count). The number of aromatic hydroxyl groups is 1. The van der Waals surface area contributed by atoms with Gasteiger partial charge in [-0.05, 0) is 48.4 Å². The average Bonchev–Trinajstić information content (AvgIpc) is 3.53. The van der Waals surface area contributed by atoms with Gasteiger partial charge in [0, 0.05) is 42.1 Å². The number of hydrogen-bond acceptors (Lipinski definition) is 10. The second kappa shape index (κ2) is 15.1. The molecule has 264 valence electrons. The van der Waals surface area contributed by atoms with Crippen molar-refractivity contribution in [2.24, 2.45) is 0 Å². The van der Waals surface area contributed by atoms with Crippen LogP contribution in [0.25, 0.3) is 33.2 Å². The third-order valence-corrected chi connectivity index (χ3v) is 9.30. The van der Waals surface area contributed by atoms with Gasteiger partial charge < -0.3 is 25.2 Å². The number of nitrogens with two attached hydrogens (primary N) is 1. The fourth-order valence-electron chi connectivity index (χ4n) is 6.25. The van der Waals surface area contributed by atoms with Crippen LogP contribution in [-0.2, 0) is 22.6 Å². The number of phenolic OH excluding ortho intramolecular Hbond substituents is 1. The Bertz CT molecular complexity index is 2430. The highest BCUT2D eigenvalue weighted by Gasteiger charge is 2.22. The Hall–Kier alpha value is -5.97. The van der Waals surface area contributed by atoms with Gasteiger partial charge in [0.1, 0.15) is 30.2 Å². The largest absolute Gasteiger partial charge is 0.504 e. The van der Waals surface area contributed by atoms with Crippen molar-refractivity contribution in [2.75, 3.05) is 39.1 Å². The van der Waals surface area contributed by atoms with Gasteiger partial charge >= 0.3 is 0 Å². The molecule has 0 bridgehead atoms. The molecule has 13 nitrogen and oxygen atoms in total. The number of carbonyl (C=O) groups is 1. The van der Waals surface area contributed by atoms with E-state index in [-0.39, 0.29) is 41.9 Å². The van der Waals surface area contributed by atoms with Crippen LogP contribution in [0.5, 0.6) is 11.5 Å². The molecule has 6 aromatic rings. The zero-order chi connectivity index (χ0) is 36.2. The third kappa shape index (κ3) is 6.99. The molecule has 14 heteroatoms. The van der Waals surface area contributed by atoms with E-state index < -0.39 is 0 Å². The number of fused-ring (bicyclic) bond motifs is 2. The number of unbranched alkanes of at least 4 members (excludes halogenated alkanes) is 1. The summed E-state index contributed by atoms with van der Waals surface area (Å²) in [4.78, 5) is 42.6. The molecule has 0 unspecified atom stereocenters.